The summed E-state index contributed by atoms with van der Waals surface area (Å²) in [6, 6.07) is 23.1. The van der Waals surface area contributed by atoms with Gasteiger partial charge in [-0.1, -0.05) is 34.1 Å². The second-order valence-corrected chi connectivity index (χ2v) is 7.34. The number of carbonyl (C=O) groups excluding carboxylic acids is 1. The molecular formula is C24H16BrFN2O. The van der Waals surface area contributed by atoms with E-state index in [0.717, 1.165) is 21.3 Å². The summed E-state index contributed by atoms with van der Waals surface area (Å²) in [5, 5.41) is 4.67. The molecule has 0 saturated heterocycles. The lowest BCUT2D eigenvalue weighted by atomic mass is 10.1. The largest absolute Gasteiger partial charge is 0.289 e. The minimum atomic E-state index is -0.307. The molecule has 0 aliphatic heterocycles. The number of carbonyl (C=O) groups is 1. The van der Waals surface area contributed by atoms with E-state index in [0.29, 0.717) is 11.3 Å². The predicted molar refractivity (Wildman–Crippen MR) is 116 cm³/mol. The maximum Gasteiger partial charge on any atom is 0.185 e. The molecule has 0 amide bonds. The monoisotopic (exact) mass is 446 g/mol. The lowest BCUT2D eigenvalue weighted by Crippen LogP contribution is -1.94. The van der Waals surface area contributed by atoms with Gasteiger partial charge < -0.3 is 0 Å². The van der Waals surface area contributed by atoms with Crippen LogP contribution in [0, 0.1) is 5.82 Å². The fourth-order valence-electron chi connectivity index (χ4n) is 2.93. The summed E-state index contributed by atoms with van der Waals surface area (Å²) in [5.41, 5.74) is 3.72. The van der Waals surface area contributed by atoms with Crippen molar-refractivity contribution in [3.63, 3.8) is 0 Å². The van der Waals surface area contributed by atoms with E-state index in [1.807, 2.05) is 48.7 Å². The van der Waals surface area contributed by atoms with Crippen LogP contribution in [0.15, 0.2) is 95.6 Å². The smallest absolute Gasteiger partial charge is 0.185 e. The van der Waals surface area contributed by atoms with Crippen LogP contribution in [0.4, 0.5) is 4.39 Å². The highest BCUT2D eigenvalue weighted by atomic mass is 79.9. The summed E-state index contributed by atoms with van der Waals surface area (Å²) in [5.74, 6) is -0.409. The Morgan fingerprint density at radius 3 is 2.31 bits per heavy atom. The van der Waals surface area contributed by atoms with Crippen LogP contribution in [-0.2, 0) is 0 Å². The number of nitrogens with zero attached hydrogens (tertiary/aromatic N) is 2. The van der Waals surface area contributed by atoms with Gasteiger partial charge in [0.15, 0.2) is 5.78 Å². The summed E-state index contributed by atoms with van der Waals surface area (Å²) in [6.45, 7) is 0. The van der Waals surface area contributed by atoms with Gasteiger partial charge in [0.05, 0.1) is 11.4 Å². The Morgan fingerprint density at radius 1 is 0.931 bits per heavy atom. The minimum Gasteiger partial charge on any atom is -0.289 e. The molecule has 0 saturated carbocycles. The van der Waals surface area contributed by atoms with E-state index in [1.54, 1.807) is 35.0 Å². The van der Waals surface area contributed by atoms with Gasteiger partial charge in [0.2, 0.25) is 0 Å². The van der Waals surface area contributed by atoms with Crippen LogP contribution in [0.1, 0.15) is 15.9 Å². The lowest BCUT2D eigenvalue weighted by Gasteiger charge is -2.00. The highest BCUT2D eigenvalue weighted by Gasteiger charge is 2.11. The van der Waals surface area contributed by atoms with Crippen molar-refractivity contribution < 1.29 is 9.18 Å². The molecule has 3 nitrogen and oxygen atoms in total. The van der Waals surface area contributed by atoms with Gasteiger partial charge >= 0.3 is 0 Å². The molecule has 29 heavy (non-hydrogen) atoms. The molecule has 0 aliphatic carbocycles. The minimum absolute atomic E-state index is 0.102. The van der Waals surface area contributed by atoms with Crippen LogP contribution in [0.3, 0.4) is 0 Å². The maximum absolute atomic E-state index is 13.4. The SMILES string of the molecule is O=C(/C=C/c1cn(-c2ccccc2)nc1-c1ccc(F)cc1)c1ccc(Br)cc1. The molecule has 0 radical (unpaired) electrons. The first-order valence-corrected chi connectivity index (χ1v) is 9.78. The second kappa shape index (κ2) is 8.37. The molecule has 0 aliphatic rings. The van der Waals surface area contributed by atoms with Crippen LogP contribution < -0.4 is 0 Å². The average molecular weight is 447 g/mol. The van der Waals surface area contributed by atoms with Crippen molar-refractivity contribution in [3.05, 3.63) is 113 Å². The Kier molecular flexibility index (Phi) is 5.49. The molecule has 0 bridgehead atoms. The molecule has 0 spiro atoms. The van der Waals surface area contributed by atoms with E-state index in [1.165, 1.54) is 18.2 Å². The van der Waals surface area contributed by atoms with E-state index in [4.69, 9.17) is 0 Å². The standard InChI is InChI=1S/C24H16BrFN2O/c25-20-11-6-17(7-12-20)23(29)15-10-19-16-28(22-4-2-1-3-5-22)27-24(19)18-8-13-21(26)14-9-18/h1-16H/b15-10+. The van der Waals surface area contributed by atoms with Crippen LogP contribution in [0.5, 0.6) is 0 Å². The van der Waals surface area contributed by atoms with Crippen LogP contribution in [0.25, 0.3) is 23.0 Å². The van der Waals surface area contributed by atoms with Crippen molar-refractivity contribution in [2.24, 2.45) is 0 Å². The molecule has 4 rings (SSSR count). The van der Waals surface area contributed by atoms with E-state index in [-0.39, 0.29) is 11.6 Å². The molecule has 0 unspecified atom stereocenters. The third kappa shape index (κ3) is 4.41. The topological polar surface area (TPSA) is 34.9 Å². The van der Waals surface area contributed by atoms with Crippen molar-refractivity contribution in [2.75, 3.05) is 0 Å². The van der Waals surface area contributed by atoms with Crippen LogP contribution >= 0.6 is 15.9 Å². The number of ketones is 1. The second-order valence-electron chi connectivity index (χ2n) is 6.42. The highest BCUT2D eigenvalue weighted by Crippen LogP contribution is 2.25. The molecule has 4 aromatic rings. The quantitative estimate of drug-likeness (QED) is 0.265. The van der Waals surface area contributed by atoms with Crippen molar-refractivity contribution >= 4 is 27.8 Å². The first kappa shape index (κ1) is 19.0. The third-order valence-corrected chi connectivity index (χ3v) is 4.95. The average Bonchev–Trinajstić information content (AvgIpc) is 3.18. The first-order valence-electron chi connectivity index (χ1n) is 8.99. The number of allylic oxidation sites excluding steroid dienone is 1. The van der Waals surface area contributed by atoms with Gasteiger partial charge in [-0.25, -0.2) is 9.07 Å². The summed E-state index contributed by atoms with van der Waals surface area (Å²) in [4.78, 5) is 12.5. The first-order chi connectivity index (χ1) is 14.1. The molecule has 142 valence electrons. The summed E-state index contributed by atoms with van der Waals surface area (Å²) < 4.78 is 16.0. The Hall–Kier alpha value is -3.31. The zero-order valence-electron chi connectivity index (χ0n) is 15.3. The Balaban J connectivity index is 1.72. The molecule has 3 aromatic carbocycles. The van der Waals surface area contributed by atoms with Gasteiger partial charge in [0.1, 0.15) is 5.82 Å². The summed E-state index contributed by atoms with van der Waals surface area (Å²) in [6.07, 6.45) is 5.14. The maximum atomic E-state index is 13.4. The van der Waals surface area contributed by atoms with Crippen molar-refractivity contribution in [3.8, 4) is 16.9 Å². The highest BCUT2D eigenvalue weighted by molar-refractivity contribution is 9.10. The van der Waals surface area contributed by atoms with E-state index < -0.39 is 0 Å². The van der Waals surface area contributed by atoms with Crippen LogP contribution in [-0.4, -0.2) is 15.6 Å². The number of hydrogen-bond donors (Lipinski definition) is 0. The fraction of sp³-hybridized carbons (Fsp3) is 0. The lowest BCUT2D eigenvalue weighted by molar-refractivity contribution is 0.104. The van der Waals surface area contributed by atoms with Crippen molar-refractivity contribution in [1.29, 1.82) is 0 Å². The number of aromatic nitrogens is 2. The number of rotatable bonds is 5. The predicted octanol–water partition coefficient (Wildman–Crippen LogP) is 6.34. The number of halogens is 2. The van der Waals surface area contributed by atoms with Gasteiger partial charge in [-0.15, -0.1) is 0 Å². The van der Waals surface area contributed by atoms with Crippen molar-refractivity contribution in [2.45, 2.75) is 0 Å². The molecular weight excluding hydrogens is 431 g/mol. The molecule has 0 N–H and O–H groups in total. The van der Waals surface area contributed by atoms with Crippen molar-refractivity contribution in [1.82, 2.24) is 9.78 Å². The van der Waals surface area contributed by atoms with E-state index >= 15 is 0 Å². The normalized spacial score (nSPS) is 11.1. The Morgan fingerprint density at radius 2 is 1.62 bits per heavy atom. The zero-order valence-corrected chi connectivity index (χ0v) is 16.9. The van der Waals surface area contributed by atoms with Gasteiger partial charge in [0.25, 0.3) is 0 Å². The van der Waals surface area contributed by atoms with E-state index in [9.17, 15) is 9.18 Å². The van der Waals surface area contributed by atoms with Gasteiger partial charge in [-0.05, 0) is 72.8 Å². The van der Waals surface area contributed by atoms with Gasteiger partial charge in [-0.2, -0.15) is 5.10 Å². The fourth-order valence-corrected chi connectivity index (χ4v) is 3.19. The molecule has 1 heterocycles. The summed E-state index contributed by atoms with van der Waals surface area (Å²) in [7, 11) is 0. The van der Waals surface area contributed by atoms with Gasteiger partial charge in [0, 0.05) is 27.4 Å². The van der Waals surface area contributed by atoms with Crippen LogP contribution in [0.2, 0.25) is 0 Å². The molecule has 5 heteroatoms. The Labute approximate surface area is 176 Å². The Bertz CT molecular complexity index is 1160. The zero-order chi connectivity index (χ0) is 20.2. The number of hydrogen-bond acceptors (Lipinski definition) is 2. The van der Waals surface area contributed by atoms with Gasteiger partial charge in [-0.3, -0.25) is 4.79 Å². The molecule has 0 atom stereocenters. The third-order valence-electron chi connectivity index (χ3n) is 4.42. The molecule has 0 fully saturated rings. The number of benzene rings is 3. The molecule has 1 aromatic heterocycles. The summed E-state index contributed by atoms with van der Waals surface area (Å²) >= 11 is 3.37. The van der Waals surface area contributed by atoms with E-state index in [2.05, 4.69) is 21.0 Å². The number of para-hydroxylation sites is 1.